The van der Waals surface area contributed by atoms with Crippen LogP contribution in [0.1, 0.15) is 18.4 Å². The molecule has 19 heavy (non-hydrogen) atoms. The van der Waals surface area contributed by atoms with Crippen molar-refractivity contribution in [2.75, 3.05) is 20.2 Å². The number of ether oxygens (including phenoxy) is 1. The molecule has 2 heterocycles. The fourth-order valence-corrected chi connectivity index (χ4v) is 2.93. The van der Waals surface area contributed by atoms with Crippen LogP contribution in [-0.2, 0) is 11.3 Å². The highest BCUT2D eigenvalue weighted by Gasteiger charge is 2.27. The molecule has 1 aliphatic rings. The number of aromatic nitrogens is 1. The minimum Gasteiger partial charge on any atom is -0.381 e. The van der Waals surface area contributed by atoms with Gasteiger partial charge in [-0.1, -0.05) is 23.2 Å². The van der Waals surface area contributed by atoms with Crippen LogP contribution in [0.2, 0.25) is 10.2 Å². The summed E-state index contributed by atoms with van der Waals surface area (Å²) in [5, 5.41) is 1.08. The Bertz CT molecular complexity index is 430. The molecule has 0 spiro atoms. The van der Waals surface area contributed by atoms with Crippen molar-refractivity contribution in [1.29, 1.82) is 0 Å². The van der Waals surface area contributed by atoms with Crippen LogP contribution in [0.25, 0.3) is 0 Å². The van der Waals surface area contributed by atoms with Gasteiger partial charge in [-0.15, -0.1) is 0 Å². The van der Waals surface area contributed by atoms with E-state index in [2.05, 4.69) is 9.88 Å². The van der Waals surface area contributed by atoms with Crippen LogP contribution >= 0.6 is 23.2 Å². The number of pyridine rings is 1. The summed E-state index contributed by atoms with van der Waals surface area (Å²) in [5.74, 6) is 0. The molecule has 1 saturated heterocycles. The van der Waals surface area contributed by atoms with Crippen molar-refractivity contribution in [1.82, 2.24) is 9.88 Å². The predicted molar refractivity (Wildman–Crippen MR) is 77.5 cm³/mol. The van der Waals surface area contributed by atoms with E-state index in [-0.39, 0.29) is 0 Å². The van der Waals surface area contributed by atoms with Gasteiger partial charge in [-0.2, -0.15) is 0 Å². The van der Waals surface area contributed by atoms with E-state index in [0.29, 0.717) is 28.9 Å². The van der Waals surface area contributed by atoms with Gasteiger partial charge in [0.05, 0.1) is 6.10 Å². The second-order valence-corrected chi connectivity index (χ2v) is 5.63. The Kier molecular flexibility index (Phi) is 5.42. The lowest BCUT2D eigenvalue weighted by molar-refractivity contribution is 0.0102. The highest BCUT2D eigenvalue weighted by Crippen LogP contribution is 2.25. The Labute approximate surface area is 123 Å². The number of nitrogens with zero attached hydrogens (tertiary/aromatic N) is 2. The molecule has 0 amide bonds. The average molecular weight is 304 g/mol. The number of piperidine rings is 1. The number of rotatable bonds is 4. The summed E-state index contributed by atoms with van der Waals surface area (Å²) >= 11 is 12.0. The van der Waals surface area contributed by atoms with E-state index < -0.39 is 0 Å². The molecule has 2 N–H and O–H groups in total. The van der Waals surface area contributed by atoms with Crippen molar-refractivity contribution in [2.45, 2.75) is 31.5 Å². The van der Waals surface area contributed by atoms with Gasteiger partial charge in [0.1, 0.15) is 5.15 Å². The van der Waals surface area contributed by atoms with E-state index in [1.54, 1.807) is 19.4 Å². The third kappa shape index (κ3) is 3.80. The van der Waals surface area contributed by atoms with Gasteiger partial charge in [-0.25, -0.2) is 4.98 Å². The average Bonchev–Trinajstić information content (AvgIpc) is 2.42. The molecule has 1 aromatic rings. The molecule has 2 unspecified atom stereocenters. The first kappa shape index (κ1) is 15.0. The maximum Gasteiger partial charge on any atom is 0.130 e. The van der Waals surface area contributed by atoms with Gasteiger partial charge in [0.2, 0.25) is 0 Å². The molecular weight excluding hydrogens is 285 g/mol. The molecule has 1 aromatic heterocycles. The zero-order valence-electron chi connectivity index (χ0n) is 11.0. The molecule has 1 aliphatic heterocycles. The van der Waals surface area contributed by atoms with Gasteiger partial charge in [0, 0.05) is 49.6 Å². The Balaban J connectivity index is 2.05. The molecule has 0 radical (unpaired) electrons. The lowest BCUT2D eigenvalue weighted by Gasteiger charge is -2.38. The lowest BCUT2D eigenvalue weighted by Crippen LogP contribution is -2.48. The summed E-state index contributed by atoms with van der Waals surface area (Å²) in [6, 6.07) is 2.00. The molecule has 2 atom stereocenters. The lowest BCUT2D eigenvalue weighted by atomic mass is 9.98. The maximum absolute atomic E-state index is 6.19. The summed E-state index contributed by atoms with van der Waals surface area (Å²) in [4.78, 5) is 6.43. The van der Waals surface area contributed by atoms with E-state index in [1.165, 1.54) is 0 Å². The normalized spacial score (nSPS) is 24.6. The van der Waals surface area contributed by atoms with E-state index >= 15 is 0 Å². The first-order valence-electron chi connectivity index (χ1n) is 6.41. The Morgan fingerprint density at radius 1 is 1.53 bits per heavy atom. The summed E-state index contributed by atoms with van der Waals surface area (Å²) < 4.78 is 5.42. The Morgan fingerprint density at radius 2 is 2.32 bits per heavy atom. The second kappa shape index (κ2) is 6.86. The van der Waals surface area contributed by atoms with Gasteiger partial charge in [-0.3, -0.25) is 4.90 Å². The highest BCUT2D eigenvalue weighted by molar-refractivity contribution is 6.34. The van der Waals surface area contributed by atoms with Crippen LogP contribution in [0.4, 0.5) is 0 Å². The van der Waals surface area contributed by atoms with Crippen molar-refractivity contribution in [3.63, 3.8) is 0 Å². The minimum atomic E-state index is 0.309. The third-order valence-corrected chi connectivity index (χ3v) is 4.22. The first-order chi connectivity index (χ1) is 9.13. The van der Waals surface area contributed by atoms with Crippen LogP contribution < -0.4 is 5.73 Å². The molecule has 4 nitrogen and oxygen atoms in total. The van der Waals surface area contributed by atoms with E-state index in [1.807, 2.05) is 0 Å². The number of nitrogens with two attached hydrogens (primary N) is 1. The van der Waals surface area contributed by atoms with E-state index in [0.717, 1.165) is 31.5 Å². The summed E-state index contributed by atoms with van der Waals surface area (Å²) in [5.41, 5.74) is 6.85. The number of hydrogen-bond acceptors (Lipinski definition) is 4. The first-order valence-corrected chi connectivity index (χ1v) is 7.16. The van der Waals surface area contributed by atoms with Gasteiger partial charge >= 0.3 is 0 Å². The van der Waals surface area contributed by atoms with E-state index in [4.69, 9.17) is 33.7 Å². The van der Waals surface area contributed by atoms with Crippen LogP contribution in [0.5, 0.6) is 0 Å². The second-order valence-electron chi connectivity index (χ2n) is 4.84. The number of halogens is 2. The van der Waals surface area contributed by atoms with Crippen molar-refractivity contribution in [3.05, 3.63) is 28.0 Å². The molecule has 2 rings (SSSR count). The van der Waals surface area contributed by atoms with Gasteiger partial charge < -0.3 is 10.5 Å². The summed E-state index contributed by atoms with van der Waals surface area (Å²) in [6.07, 6.45) is 4.03. The van der Waals surface area contributed by atoms with Crippen LogP contribution in [-0.4, -0.2) is 42.2 Å². The largest absolute Gasteiger partial charge is 0.381 e. The van der Waals surface area contributed by atoms with Crippen LogP contribution in [0.15, 0.2) is 12.3 Å². The fourth-order valence-electron chi connectivity index (χ4n) is 2.50. The highest BCUT2D eigenvalue weighted by atomic mass is 35.5. The Hall–Kier alpha value is -0.390. The summed E-state index contributed by atoms with van der Waals surface area (Å²) in [6.45, 7) is 2.33. The number of likely N-dealkylation sites (tertiary alicyclic amines) is 1. The molecule has 0 aliphatic carbocycles. The molecule has 0 saturated carbocycles. The van der Waals surface area contributed by atoms with Crippen molar-refractivity contribution < 1.29 is 4.74 Å². The molecular formula is C13H19Cl2N3O. The van der Waals surface area contributed by atoms with Crippen molar-refractivity contribution in [3.8, 4) is 0 Å². The third-order valence-electron chi connectivity index (χ3n) is 3.66. The van der Waals surface area contributed by atoms with Crippen LogP contribution in [0, 0.1) is 0 Å². The minimum absolute atomic E-state index is 0.309. The van der Waals surface area contributed by atoms with E-state index in [9.17, 15) is 0 Å². The zero-order valence-corrected chi connectivity index (χ0v) is 12.5. The topological polar surface area (TPSA) is 51.4 Å². The number of hydrogen-bond donors (Lipinski definition) is 1. The number of methoxy groups -OCH3 is 1. The monoisotopic (exact) mass is 303 g/mol. The van der Waals surface area contributed by atoms with Gasteiger partial charge in [-0.05, 0) is 18.9 Å². The SMILES string of the molecule is COC1CCN(Cc2cnc(Cl)cc2Cl)C(CN)C1. The van der Waals surface area contributed by atoms with Crippen molar-refractivity contribution in [2.24, 2.45) is 5.73 Å². The predicted octanol–water partition coefficient (Wildman–Crippen LogP) is 2.33. The smallest absolute Gasteiger partial charge is 0.130 e. The Morgan fingerprint density at radius 3 is 2.95 bits per heavy atom. The molecule has 6 heteroatoms. The molecule has 1 fully saturated rings. The van der Waals surface area contributed by atoms with Gasteiger partial charge in [0.25, 0.3) is 0 Å². The summed E-state index contributed by atoms with van der Waals surface area (Å²) in [7, 11) is 1.76. The molecule has 106 valence electrons. The fraction of sp³-hybridized carbons (Fsp3) is 0.615. The van der Waals surface area contributed by atoms with Crippen molar-refractivity contribution >= 4 is 23.2 Å². The molecule has 0 bridgehead atoms. The standard InChI is InChI=1S/C13H19Cl2N3O/c1-19-11-2-3-18(10(4-11)6-16)8-9-7-17-13(15)5-12(9)14/h5,7,10-11H,2-4,6,8,16H2,1H3. The maximum atomic E-state index is 6.19. The zero-order chi connectivity index (χ0) is 13.8. The molecule has 0 aromatic carbocycles. The quantitative estimate of drug-likeness (QED) is 0.867. The van der Waals surface area contributed by atoms with Gasteiger partial charge in [0.15, 0.2) is 0 Å². The van der Waals surface area contributed by atoms with Crippen LogP contribution in [0.3, 0.4) is 0 Å².